The number of benzene rings is 1. The Hall–Kier alpha value is -2.10. The monoisotopic (exact) mass is 784 g/mol. The number of carbonyl (C=O) groups is 4. The summed E-state index contributed by atoms with van der Waals surface area (Å²) in [5.41, 5.74) is 1.32. The van der Waals surface area contributed by atoms with Crippen LogP contribution in [0.4, 0.5) is 0 Å². The number of carbonyl (C=O) groups excluding carboxylic acids is 4. The third kappa shape index (κ3) is 38.3. The Bertz CT molecular complexity index is 759. The van der Waals surface area contributed by atoms with Crippen LogP contribution in [-0.2, 0) is 19.2 Å². The van der Waals surface area contributed by atoms with Crippen molar-refractivity contribution in [3.05, 3.63) is 35.9 Å². The van der Waals surface area contributed by atoms with Crippen LogP contribution in [0.5, 0.6) is 0 Å². The standard InChI is InChI=1S/4C8H16O2.C7H8.Sn/c4*1-3-5-6-7(4-2)8(9)10;1-7-5-3-2-4-6-7;/h4*7H,3-6H2,1-2H3,(H,9,10);2-6H,1H3;/q;;;;;+4/p-4. The average Bonchev–Trinajstić information content (AvgIpc) is 3.03. The van der Waals surface area contributed by atoms with Gasteiger partial charge in [0.25, 0.3) is 0 Å². The van der Waals surface area contributed by atoms with Crippen LogP contribution < -0.4 is 20.4 Å². The van der Waals surface area contributed by atoms with Crippen LogP contribution in [0.15, 0.2) is 30.3 Å². The third-order valence-corrected chi connectivity index (χ3v) is 7.87. The fraction of sp³-hybridized carbons (Fsp3) is 0.744. The topological polar surface area (TPSA) is 161 Å². The Kier molecular flexibility index (Phi) is 47.3. The zero-order valence-corrected chi connectivity index (χ0v) is 34.6. The van der Waals surface area contributed by atoms with Gasteiger partial charge in [-0.1, -0.05) is 143 Å². The maximum atomic E-state index is 10.3. The Balaban J connectivity index is -0.000000160. The number of rotatable bonds is 20. The molecule has 0 saturated carbocycles. The zero-order valence-electron chi connectivity index (χ0n) is 31.8. The van der Waals surface area contributed by atoms with Gasteiger partial charge in [0, 0.05) is 23.9 Å². The van der Waals surface area contributed by atoms with Gasteiger partial charge in [-0.25, -0.2) is 0 Å². The molecule has 0 aliphatic carbocycles. The van der Waals surface area contributed by atoms with Gasteiger partial charge in [0.15, 0.2) is 0 Å². The van der Waals surface area contributed by atoms with Gasteiger partial charge in [-0.15, -0.1) is 0 Å². The molecule has 1 rings (SSSR count). The largest absolute Gasteiger partial charge is 4.00 e. The molecule has 4 unspecified atom stereocenters. The van der Waals surface area contributed by atoms with Gasteiger partial charge in [-0.05, 0) is 82.0 Å². The van der Waals surface area contributed by atoms with Crippen molar-refractivity contribution in [3.63, 3.8) is 0 Å². The molecule has 9 heteroatoms. The second kappa shape index (κ2) is 41.1. The SMILES string of the molecule is CCCCC(CC)C(=O)[O-].CCCCC(CC)C(=O)[O-].CCCCC(CC)C(=O)[O-].CCCCC(CC)C(=O)[O-].Cc1ccccc1.[Sn+4]. The molecule has 0 heterocycles. The van der Waals surface area contributed by atoms with Crippen molar-refractivity contribution >= 4 is 47.8 Å². The molecule has 0 radical (unpaired) electrons. The first-order chi connectivity index (χ1) is 22.3. The molecular weight excluding hydrogens is 715 g/mol. The normalized spacial score (nSPS) is 12.1. The van der Waals surface area contributed by atoms with Crippen molar-refractivity contribution in [2.45, 2.75) is 165 Å². The number of hydrogen-bond acceptors (Lipinski definition) is 8. The molecule has 4 atom stereocenters. The summed E-state index contributed by atoms with van der Waals surface area (Å²) in [6.45, 7) is 17.9. The van der Waals surface area contributed by atoms with Gasteiger partial charge in [0.2, 0.25) is 0 Å². The average molecular weight is 784 g/mol. The minimum absolute atomic E-state index is 0. The smallest absolute Gasteiger partial charge is 0.550 e. The van der Waals surface area contributed by atoms with E-state index in [0.29, 0.717) is 25.7 Å². The van der Waals surface area contributed by atoms with Crippen LogP contribution in [0.2, 0.25) is 0 Å². The summed E-state index contributed by atoms with van der Waals surface area (Å²) in [5, 5.41) is 41.3. The van der Waals surface area contributed by atoms with E-state index >= 15 is 0 Å². The first-order valence-corrected chi connectivity index (χ1v) is 18.1. The van der Waals surface area contributed by atoms with E-state index in [4.69, 9.17) is 0 Å². The molecule has 0 saturated heterocycles. The van der Waals surface area contributed by atoms with Crippen molar-refractivity contribution in [1.82, 2.24) is 0 Å². The molecule has 8 nitrogen and oxygen atoms in total. The number of aryl methyl sites for hydroxylation is 1. The first-order valence-electron chi connectivity index (χ1n) is 18.1. The van der Waals surface area contributed by atoms with Gasteiger partial charge >= 0.3 is 23.9 Å². The molecule has 0 N–H and O–H groups in total. The van der Waals surface area contributed by atoms with E-state index in [2.05, 4.69) is 46.8 Å². The summed E-state index contributed by atoms with van der Waals surface area (Å²) < 4.78 is 0. The van der Waals surface area contributed by atoms with Crippen LogP contribution in [0.25, 0.3) is 0 Å². The molecule has 0 aliphatic heterocycles. The summed E-state index contributed by atoms with van der Waals surface area (Å²) >= 11 is 0. The number of carboxylic acids is 4. The van der Waals surface area contributed by atoms with Crippen LogP contribution in [0, 0.1) is 30.6 Å². The Morgan fingerprint density at radius 2 is 0.667 bits per heavy atom. The van der Waals surface area contributed by atoms with Crippen LogP contribution in [0.1, 0.15) is 164 Å². The molecule has 0 aromatic heterocycles. The summed E-state index contributed by atoms with van der Waals surface area (Å²) in [6.07, 6.45) is 14.1. The third-order valence-electron chi connectivity index (χ3n) is 7.87. The second-order valence-corrected chi connectivity index (χ2v) is 11.9. The summed E-state index contributed by atoms with van der Waals surface area (Å²) in [6, 6.07) is 10.3. The zero-order chi connectivity index (χ0) is 37.0. The fourth-order valence-electron chi connectivity index (χ4n) is 4.29. The maximum absolute atomic E-state index is 10.3. The van der Waals surface area contributed by atoms with Gasteiger partial charge in [-0.3, -0.25) is 0 Å². The van der Waals surface area contributed by atoms with Crippen molar-refractivity contribution in [2.24, 2.45) is 23.7 Å². The Labute approximate surface area is 310 Å². The fourth-order valence-corrected chi connectivity index (χ4v) is 4.29. The predicted molar refractivity (Wildman–Crippen MR) is 190 cm³/mol. The minimum Gasteiger partial charge on any atom is -0.550 e. The molecular formula is C39H68O8Sn. The summed E-state index contributed by atoms with van der Waals surface area (Å²) in [5.74, 6) is -4.46. The quantitative estimate of drug-likeness (QED) is 0.159. The van der Waals surface area contributed by atoms with Crippen molar-refractivity contribution < 1.29 is 39.6 Å². The number of hydrogen-bond donors (Lipinski definition) is 0. The Morgan fingerprint density at radius 3 is 0.771 bits per heavy atom. The molecule has 1 aromatic carbocycles. The van der Waals surface area contributed by atoms with Crippen molar-refractivity contribution in [2.75, 3.05) is 0 Å². The van der Waals surface area contributed by atoms with E-state index in [9.17, 15) is 39.6 Å². The number of carboxylic acid groups (broad SMARTS) is 4. The summed E-state index contributed by atoms with van der Waals surface area (Å²) in [7, 11) is 0. The molecule has 1 aromatic rings. The Morgan fingerprint density at radius 1 is 0.458 bits per heavy atom. The van der Waals surface area contributed by atoms with E-state index in [1.807, 2.05) is 45.9 Å². The van der Waals surface area contributed by atoms with Crippen molar-refractivity contribution in [1.29, 1.82) is 0 Å². The minimum atomic E-state index is -0.893. The van der Waals surface area contributed by atoms with E-state index in [-0.39, 0.29) is 47.6 Å². The molecule has 276 valence electrons. The van der Waals surface area contributed by atoms with E-state index in [0.717, 1.165) is 77.0 Å². The van der Waals surface area contributed by atoms with E-state index in [1.54, 1.807) is 0 Å². The molecule has 0 fully saturated rings. The molecule has 48 heavy (non-hydrogen) atoms. The van der Waals surface area contributed by atoms with Crippen LogP contribution in [-0.4, -0.2) is 47.8 Å². The maximum Gasteiger partial charge on any atom is 4.00 e. The van der Waals surface area contributed by atoms with Gasteiger partial charge in [0.1, 0.15) is 0 Å². The van der Waals surface area contributed by atoms with Crippen molar-refractivity contribution in [3.8, 4) is 0 Å². The molecule has 0 spiro atoms. The summed E-state index contributed by atoms with van der Waals surface area (Å²) in [4.78, 5) is 41.3. The van der Waals surface area contributed by atoms with E-state index in [1.165, 1.54) is 5.56 Å². The van der Waals surface area contributed by atoms with Gasteiger partial charge in [0.05, 0.1) is 0 Å². The van der Waals surface area contributed by atoms with Crippen LogP contribution in [0.3, 0.4) is 0 Å². The van der Waals surface area contributed by atoms with E-state index < -0.39 is 23.9 Å². The number of aliphatic carboxylic acids is 4. The number of unbranched alkanes of at least 4 members (excludes halogenated alkanes) is 4. The predicted octanol–water partition coefficient (Wildman–Crippen LogP) is 5.43. The van der Waals surface area contributed by atoms with Gasteiger partial charge in [-0.2, -0.15) is 0 Å². The van der Waals surface area contributed by atoms with Gasteiger partial charge < -0.3 is 39.6 Å². The second-order valence-electron chi connectivity index (χ2n) is 11.9. The molecule has 0 bridgehead atoms. The van der Waals surface area contributed by atoms with Crippen LogP contribution >= 0.6 is 0 Å². The first kappa shape index (κ1) is 55.3. The molecule has 0 aliphatic rings. The molecule has 0 amide bonds.